The molecule has 2 aliphatic carbocycles. The van der Waals surface area contributed by atoms with Gasteiger partial charge in [0, 0.05) is 6.92 Å². The predicted octanol–water partition coefficient (Wildman–Crippen LogP) is 8.37. The number of aliphatic imine (C=N–C) groups is 1. The van der Waals surface area contributed by atoms with Gasteiger partial charge in [0.05, 0.1) is 11.8 Å². The van der Waals surface area contributed by atoms with E-state index in [9.17, 15) is 4.79 Å². The molecule has 1 N–H and O–H groups in total. The van der Waals surface area contributed by atoms with Crippen molar-refractivity contribution in [2.75, 3.05) is 0 Å². The minimum atomic E-state index is -0.833. The molecule has 2 fully saturated rings. The number of rotatable bonds is 7. The van der Waals surface area contributed by atoms with Crippen LogP contribution in [-0.2, 0) is 9.59 Å². The van der Waals surface area contributed by atoms with Crippen molar-refractivity contribution in [1.29, 1.82) is 0 Å². The number of carbonyl (C=O) groups is 2. The molecule has 0 aromatic carbocycles. The van der Waals surface area contributed by atoms with E-state index in [0.717, 1.165) is 57.8 Å². The van der Waals surface area contributed by atoms with Crippen LogP contribution >= 0.6 is 0 Å². The fraction of sp³-hybridized carbons (Fsp3) is 0.719. The minimum absolute atomic E-state index is 0.0843. The van der Waals surface area contributed by atoms with Gasteiger partial charge in [0.25, 0.3) is 11.9 Å². The lowest BCUT2D eigenvalue weighted by atomic mass is 9.69. The number of hydrogen-bond acceptors (Lipinski definition) is 3. The zero-order valence-corrected chi connectivity index (χ0v) is 25.0. The summed E-state index contributed by atoms with van der Waals surface area (Å²) in [5.74, 6) is 1.05. The Kier molecular flexibility index (Phi) is 13.6. The summed E-state index contributed by atoms with van der Waals surface area (Å²) in [4.78, 5) is 29.4. The molecule has 1 amide bonds. The first kappa shape index (κ1) is 32.9. The first-order chi connectivity index (χ1) is 17.3. The highest BCUT2D eigenvalue weighted by Gasteiger charge is 2.51. The number of unbranched alkanes of at least 4 members (excludes halogenated alkanes) is 1. The molecule has 1 heterocycles. The molecule has 0 aromatic heterocycles. The molecule has 2 saturated carbocycles. The van der Waals surface area contributed by atoms with Crippen LogP contribution in [0.15, 0.2) is 41.4 Å². The van der Waals surface area contributed by atoms with E-state index in [1.54, 1.807) is 6.08 Å². The number of aliphatic carboxylic acids is 1. The maximum atomic E-state index is 13.3. The fourth-order valence-electron chi connectivity index (χ4n) is 5.54. The summed E-state index contributed by atoms with van der Waals surface area (Å²) in [5.41, 5.74) is 1.84. The Morgan fingerprint density at radius 1 is 1.24 bits per heavy atom. The van der Waals surface area contributed by atoms with Gasteiger partial charge in [-0.1, -0.05) is 97.6 Å². The summed E-state index contributed by atoms with van der Waals surface area (Å²) in [6.45, 7) is 20.4. The Hall–Kier alpha value is -2.17. The molecule has 1 spiro atoms. The van der Waals surface area contributed by atoms with Crippen molar-refractivity contribution in [3.05, 3.63) is 36.5 Å². The summed E-state index contributed by atoms with van der Waals surface area (Å²) < 4.78 is 0. The van der Waals surface area contributed by atoms with Crippen molar-refractivity contribution in [3.63, 3.8) is 0 Å². The molecule has 1 atom stereocenters. The first-order valence-corrected chi connectivity index (χ1v) is 14.4. The molecule has 5 nitrogen and oxygen atoms in total. The fourth-order valence-corrected chi connectivity index (χ4v) is 5.54. The van der Waals surface area contributed by atoms with Gasteiger partial charge < -0.3 is 10.0 Å². The van der Waals surface area contributed by atoms with E-state index in [1.165, 1.54) is 24.8 Å². The Morgan fingerprint density at radius 2 is 1.78 bits per heavy atom. The van der Waals surface area contributed by atoms with Crippen LogP contribution < -0.4 is 0 Å². The number of allylic oxidation sites excluding steroid dienone is 3. The number of carboxylic acids is 1. The van der Waals surface area contributed by atoms with Gasteiger partial charge in [0.15, 0.2) is 0 Å². The molecule has 5 heteroatoms. The lowest BCUT2D eigenvalue weighted by Crippen LogP contribution is -2.55. The number of nitrogens with zero attached hydrogens (tertiary/aromatic N) is 2. The SMILES string of the molecule is C=C/C=C\C(=C/C)C(CCCC)N1C(=O)C(C)=NC12CCC(C(C)(C)C)CC2.CC(=O)O.CC1CCC1. The highest BCUT2D eigenvalue weighted by Crippen LogP contribution is 2.47. The Balaban J connectivity index is 0.000000642. The lowest BCUT2D eigenvalue weighted by Gasteiger charge is -2.47. The van der Waals surface area contributed by atoms with Crippen LogP contribution in [-0.4, -0.2) is 39.3 Å². The van der Waals surface area contributed by atoms with Gasteiger partial charge in [-0.3, -0.25) is 14.6 Å². The van der Waals surface area contributed by atoms with Crippen molar-refractivity contribution in [2.45, 2.75) is 131 Å². The van der Waals surface area contributed by atoms with E-state index < -0.39 is 5.97 Å². The highest BCUT2D eigenvalue weighted by atomic mass is 16.4. The normalized spacial score (nSPS) is 25.0. The molecule has 3 rings (SSSR count). The lowest BCUT2D eigenvalue weighted by molar-refractivity contribution is -0.134. The standard InChI is InChI=1S/C25H40N2O.C5H10.C2H4O2/c1-8-11-13-20(10-3)22(14-12-9-2)27-23(28)19(4)26-25(27)17-15-21(16-18-25)24(5,6)7;1-5-3-2-4-5;1-2(3)4/h8,10-11,13,21-22H,1,9,12,14-18H2,2-7H3;5H,2-4H2,1H3;1H3,(H,3,4)/b13-11-,20-10+;;. The van der Waals surface area contributed by atoms with E-state index in [1.807, 2.05) is 13.0 Å². The van der Waals surface area contributed by atoms with Gasteiger partial charge >= 0.3 is 0 Å². The second-order valence-electron chi connectivity index (χ2n) is 12.1. The van der Waals surface area contributed by atoms with Crippen LogP contribution in [0.4, 0.5) is 0 Å². The van der Waals surface area contributed by atoms with Crippen molar-refractivity contribution in [2.24, 2.45) is 22.2 Å². The molecule has 1 aliphatic heterocycles. The smallest absolute Gasteiger partial charge is 0.300 e. The summed E-state index contributed by atoms with van der Waals surface area (Å²) in [6, 6.07) is 0.0843. The molecule has 0 aromatic rings. The van der Waals surface area contributed by atoms with Crippen molar-refractivity contribution in [3.8, 4) is 0 Å². The van der Waals surface area contributed by atoms with Gasteiger partial charge in [-0.05, 0) is 68.8 Å². The maximum absolute atomic E-state index is 13.3. The number of amides is 1. The molecular formula is C32H54N2O3. The molecule has 37 heavy (non-hydrogen) atoms. The third kappa shape index (κ3) is 9.90. The molecule has 1 unspecified atom stereocenters. The second-order valence-corrected chi connectivity index (χ2v) is 12.1. The van der Waals surface area contributed by atoms with Crippen LogP contribution in [0.5, 0.6) is 0 Å². The van der Waals surface area contributed by atoms with E-state index in [4.69, 9.17) is 14.9 Å². The Bertz CT molecular complexity index is 831. The van der Waals surface area contributed by atoms with Crippen LogP contribution in [0, 0.1) is 17.3 Å². The monoisotopic (exact) mass is 514 g/mol. The second kappa shape index (κ2) is 15.3. The van der Waals surface area contributed by atoms with Crippen LogP contribution in [0.3, 0.4) is 0 Å². The number of carboxylic acid groups (broad SMARTS) is 1. The number of carbonyl (C=O) groups excluding carboxylic acids is 1. The minimum Gasteiger partial charge on any atom is -0.481 e. The highest BCUT2D eigenvalue weighted by molar-refractivity contribution is 6.39. The summed E-state index contributed by atoms with van der Waals surface area (Å²) in [7, 11) is 0. The average molecular weight is 515 g/mol. The van der Waals surface area contributed by atoms with Crippen LogP contribution in [0.1, 0.15) is 120 Å². The van der Waals surface area contributed by atoms with E-state index >= 15 is 0 Å². The Labute approximate surface area is 227 Å². The number of hydrogen-bond donors (Lipinski definition) is 1. The maximum Gasteiger partial charge on any atom is 0.300 e. The molecule has 3 aliphatic rings. The topological polar surface area (TPSA) is 70.0 Å². The average Bonchev–Trinajstić information content (AvgIpc) is 3.03. The van der Waals surface area contributed by atoms with Gasteiger partial charge in [-0.15, -0.1) is 0 Å². The molecule has 210 valence electrons. The zero-order valence-electron chi connectivity index (χ0n) is 25.0. The predicted molar refractivity (Wildman–Crippen MR) is 157 cm³/mol. The molecule has 0 saturated heterocycles. The summed E-state index contributed by atoms with van der Waals surface area (Å²) >= 11 is 0. The van der Waals surface area contributed by atoms with Gasteiger partial charge in [-0.2, -0.15) is 0 Å². The van der Waals surface area contributed by atoms with E-state index in [0.29, 0.717) is 17.0 Å². The van der Waals surface area contributed by atoms with Gasteiger partial charge in [0.2, 0.25) is 0 Å². The van der Waals surface area contributed by atoms with Crippen molar-refractivity contribution < 1.29 is 14.7 Å². The third-order valence-electron chi connectivity index (χ3n) is 8.04. The zero-order chi connectivity index (χ0) is 28.2. The summed E-state index contributed by atoms with van der Waals surface area (Å²) in [5, 5.41) is 7.42. The molecule has 0 radical (unpaired) electrons. The van der Waals surface area contributed by atoms with Crippen LogP contribution in [0.25, 0.3) is 0 Å². The molecule has 0 bridgehead atoms. The van der Waals surface area contributed by atoms with Crippen molar-refractivity contribution >= 4 is 17.6 Å². The van der Waals surface area contributed by atoms with Gasteiger partial charge in [0.1, 0.15) is 5.66 Å². The van der Waals surface area contributed by atoms with E-state index in [2.05, 4.69) is 65.2 Å². The van der Waals surface area contributed by atoms with Crippen LogP contribution in [0.2, 0.25) is 0 Å². The first-order valence-electron chi connectivity index (χ1n) is 14.4. The molecular weight excluding hydrogens is 460 g/mol. The largest absolute Gasteiger partial charge is 0.481 e. The third-order valence-corrected chi connectivity index (χ3v) is 8.04. The van der Waals surface area contributed by atoms with Crippen molar-refractivity contribution in [1.82, 2.24) is 4.90 Å². The Morgan fingerprint density at radius 3 is 2.16 bits per heavy atom. The van der Waals surface area contributed by atoms with Gasteiger partial charge in [-0.25, -0.2) is 0 Å². The van der Waals surface area contributed by atoms with E-state index in [-0.39, 0.29) is 17.6 Å². The quantitative estimate of drug-likeness (QED) is 0.347. The summed E-state index contributed by atoms with van der Waals surface area (Å²) in [6.07, 6.45) is 19.9.